The lowest BCUT2D eigenvalue weighted by Crippen LogP contribution is -2.09. The summed E-state index contributed by atoms with van der Waals surface area (Å²) in [5.74, 6) is 0.969. The third-order valence-corrected chi connectivity index (χ3v) is 3.46. The first-order chi connectivity index (χ1) is 9.63. The highest BCUT2D eigenvalue weighted by Crippen LogP contribution is 2.24. The Morgan fingerprint density at radius 1 is 1.20 bits per heavy atom. The minimum absolute atomic E-state index is 0.0319. The first-order valence-corrected chi connectivity index (χ1v) is 6.67. The molecule has 20 heavy (non-hydrogen) atoms. The van der Waals surface area contributed by atoms with Crippen molar-refractivity contribution in [1.82, 2.24) is 0 Å². The summed E-state index contributed by atoms with van der Waals surface area (Å²) in [4.78, 5) is 23.8. The fraction of sp³-hybridized carbons (Fsp3) is 0.250. The summed E-state index contributed by atoms with van der Waals surface area (Å²) >= 11 is 0. The summed E-state index contributed by atoms with van der Waals surface area (Å²) in [7, 11) is 0. The van der Waals surface area contributed by atoms with E-state index < -0.39 is 0 Å². The van der Waals surface area contributed by atoms with E-state index >= 15 is 0 Å². The summed E-state index contributed by atoms with van der Waals surface area (Å²) in [5, 5.41) is 2.86. The summed E-state index contributed by atoms with van der Waals surface area (Å²) in [6.45, 7) is 1.81. The SMILES string of the molecule is Cc1ccc(C(=O)c2ccc3c(c2)CCCC(=O)N3)o1. The molecule has 1 aromatic heterocycles. The fourth-order valence-electron chi connectivity index (χ4n) is 2.41. The molecular weight excluding hydrogens is 254 g/mol. The number of hydrogen-bond donors (Lipinski definition) is 1. The van der Waals surface area contributed by atoms with Crippen LogP contribution >= 0.6 is 0 Å². The number of amides is 1. The molecule has 0 spiro atoms. The lowest BCUT2D eigenvalue weighted by molar-refractivity contribution is -0.116. The van der Waals surface area contributed by atoms with Gasteiger partial charge in [-0.3, -0.25) is 9.59 Å². The maximum Gasteiger partial charge on any atom is 0.228 e. The molecule has 0 aliphatic carbocycles. The molecule has 4 heteroatoms. The van der Waals surface area contributed by atoms with Gasteiger partial charge in [0, 0.05) is 17.7 Å². The number of carbonyl (C=O) groups is 2. The average Bonchev–Trinajstić information content (AvgIpc) is 2.77. The van der Waals surface area contributed by atoms with Gasteiger partial charge in [0.2, 0.25) is 11.7 Å². The molecule has 0 unspecified atom stereocenters. The first kappa shape index (κ1) is 12.7. The van der Waals surface area contributed by atoms with Crippen LogP contribution in [0.15, 0.2) is 34.7 Å². The van der Waals surface area contributed by atoms with Gasteiger partial charge in [0.05, 0.1) is 0 Å². The molecule has 0 atom stereocenters. The normalized spacial score (nSPS) is 14.3. The van der Waals surface area contributed by atoms with Crippen LogP contribution in [0.2, 0.25) is 0 Å². The molecule has 1 aliphatic heterocycles. The number of nitrogens with one attached hydrogen (secondary N) is 1. The van der Waals surface area contributed by atoms with Crippen LogP contribution in [-0.2, 0) is 11.2 Å². The van der Waals surface area contributed by atoms with E-state index in [1.165, 1.54) is 0 Å². The van der Waals surface area contributed by atoms with E-state index in [2.05, 4.69) is 5.32 Å². The van der Waals surface area contributed by atoms with E-state index in [4.69, 9.17) is 4.42 Å². The molecule has 0 radical (unpaired) electrons. The summed E-state index contributed by atoms with van der Waals surface area (Å²) in [5.41, 5.74) is 2.40. The van der Waals surface area contributed by atoms with Gasteiger partial charge >= 0.3 is 0 Å². The molecule has 1 N–H and O–H groups in total. The summed E-state index contributed by atoms with van der Waals surface area (Å²) in [6.07, 6.45) is 2.12. The lowest BCUT2D eigenvalue weighted by atomic mass is 10.0. The fourth-order valence-corrected chi connectivity index (χ4v) is 2.41. The molecule has 2 heterocycles. The van der Waals surface area contributed by atoms with Crippen molar-refractivity contribution in [3.8, 4) is 0 Å². The number of benzene rings is 1. The van der Waals surface area contributed by atoms with Gasteiger partial charge in [-0.15, -0.1) is 0 Å². The maximum atomic E-state index is 12.3. The zero-order valence-electron chi connectivity index (χ0n) is 11.2. The second-order valence-corrected chi connectivity index (χ2v) is 5.01. The zero-order valence-corrected chi connectivity index (χ0v) is 11.2. The van der Waals surface area contributed by atoms with Crippen molar-refractivity contribution in [2.45, 2.75) is 26.2 Å². The molecule has 3 rings (SSSR count). The van der Waals surface area contributed by atoms with Gasteiger partial charge in [-0.25, -0.2) is 0 Å². The second-order valence-electron chi connectivity index (χ2n) is 5.01. The summed E-state index contributed by atoms with van der Waals surface area (Å²) in [6, 6.07) is 8.83. The van der Waals surface area contributed by atoms with Gasteiger partial charge in [0.1, 0.15) is 5.76 Å². The summed E-state index contributed by atoms with van der Waals surface area (Å²) < 4.78 is 5.37. The van der Waals surface area contributed by atoms with Crippen molar-refractivity contribution in [2.24, 2.45) is 0 Å². The monoisotopic (exact) mass is 269 g/mol. The number of anilines is 1. The highest BCUT2D eigenvalue weighted by Gasteiger charge is 2.17. The van der Waals surface area contributed by atoms with E-state index in [0.29, 0.717) is 17.7 Å². The standard InChI is InChI=1S/C16H15NO3/c1-10-5-8-14(20-10)16(19)12-6-7-13-11(9-12)3-2-4-15(18)17-13/h5-9H,2-4H2,1H3,(H,17,18). The van der Waals surface area contributed by atoms with Crippen molar-refractivity contribution < 1.29 is 14.0 Å². The average molecular weight is 269 g/mol. The largest absolute Gasteiger partial charge is 0.458 e. The predicted octanol–water partition coefficient (Wildman–Crippen LogP) is 3.09. The van der Waals surface area contributed by atoms with Crippen LogP contribution in [0.5, 0.6) is 0 Å². The van der Waals surface area contributed by atoms with E-state index in [1.54, 1.807) is 24.3 Å². The van der Waals surface area contributed by atoms with E-state index in [1.807, 2.05) is 13.0 Å². The van der Waals surface area contributed by atoms with Crippen LogP contribution in [0.1, 0.15) is 40.3 Å². The smallest absolute Gasteiger partial charge is 0.228 e. The van der Waals surface area contributed by atoms with E-state index in [9.17, 15) is 9.59 Å². The Morgan fingerprint density at radius 2 is 2.05 bits per heavy atom. The van der Waals surface area contributed by atoms with Crippen molar-refractivity contribution in [3.05, 3.63) is 53.0 Å². The minimum Gasteiger partial charge on any atom is -0.458 e. The topological polar surface area (TPSA) is 59.3 Å². The number of ketones is 1. The molecule has 1 amide bonds. The number of aryl methyl sites for hydroxylation is 2. The third kappa shape index (κ3) is 2.37. The number of rotatable bonds is 2. The molecule has 102 valence electrons. The second kappa shape index (κ2) is 4.96. The Kier molecular flexibility index (Phi) is 3.14. The van der Waals surface area contributed by atoms with Gasteiger partial charge < -0.3 is 9.73 Å². The number of furan rings is 1. The van der Waals surface area contributed by atoms with Gasteiger partial charge in [-0.2, -0.15) is 0 Å². The van der Waals surface area contributed by atoms with Gasteiger partial charge in [-0.1, -0.05) is 0 Å². The minimum atomic E-state index is -0.128. The van der Waals surface area contributed by atoms with Crippen molar-refractivity contribution in [3.63, 3.8) is 0 Å². The molecular formula is C16H15NO3. The molecule has 2 aromatic rings. The van der Waals surface area contributed by atoms with E-state index in [0.717, 1.165) is 29.9 Å². The Morgan fingerprint density at radius 3 is 2.80 bits per heavy atom. The van der Waals surface area contributed by atoms with Gasteiger partial charge in [0.15, 0.2) is 5.76 Å². The molecule has 0 bridgehead atoms. The Labute approximate surface area is 116 Å². The molecule has 1 aromatic carbocycles. The Bertz CT molecular complexity index is 685. The molecule has 0 saturated heterocycles. The van der Waals surface area contributed by atoms with Gasteiger partial charge in [0.25, 0.3) is 0 Å². The number of fused-ring (bicyclic) bond motifs is 1. The Balaban J connectivity index is 1.94. The van der Waals surface area contributed by atoms with Crippen LogP contribution in [0, 0.1) is 6.92 Å². The highest BCUT2D eigenvalue weighted by molar-refractivity contribution is 6.07. The van der Waals surface area contributed by atoms with Crippen molar-refractivity contribution in [1.29, 1.82) is 0 Å². The third-order valence-electron chi connectivity index (χ3n) is 3.46. The van der Waals surface area contributed by atoms with Crippen LogP contribution in [0.4, 0.5) is 5.69 Å². The lowest BCUT2D eigenvalue weighted by Gasteiger charge is -2.08. The zero-order chi connectivity index (χ0) is 14.1. The molecule has 1 aliphatic rings. The highest BCUT2D eigenvalue weighted by atomic mass is 16.3. The van der Waals surface area contributed by atoms with Crippen LogP contribution in [-0.4, -0.2) is 11.7 Å². The quantitative estimate of drug-likeness (QED) is 0.852. The number of carbonyl (C=O) groups excluding carboxylic acids is 2. The van der Waals surface area contributed by atoms with Crippen LogP contribution in [0.25, 0.3) is 0 Å². The first-order valence-electron chi connectivity index (χ1n) is 6.67. The van der Waals surface area contributed by atoms with E-state index in [-0.39, 0.29) is 11.7 Å². The molecule has 0 fully saturated rings. The molecule has 4 nitrogen and oxygen atoms in total. The molecule has 0 saturated carbocycles. The number of hydrogen-bond acceptors (Lipinski definition) is 3. The Hall–Kier alpha value is -2.36. The van der Waals surface area contributed by atoms with Gasteiger partial charge in [-0.05, 0) is 55.7 Å². The van der Waals surface area contributed by atoms with Crippen LogP contribution < -0.4 is 5.32 Å². The van der Waals surface area contributed by atoms with Crippen molar-refractivity contribution in [2.75, 3.05) is 5.32 Å². The van der Waals surface area contributed by atoms with Crippen LogP contribution in [0.3, 0.4) is 0 Å². The predicted molar refractivity (Wildman–Crippen MR) is 74.9 cm³/mol. The maximum absolute atomic E-state index is 12.3. The van der Waals surface area contributed by atoms with Crippen molar-refractivity contribution >= 4 is 17.4 Å².